The number of allylic oxidation sites excluding steroid dienone is 1. The van der Waals surface area contributed by atoms with Crippen molar-refractivity contribution in [1.29, 1.82) is 0 Å². The van der Waals surface area contributed by atoms with Gasteiger partial charge < -0.3 is 14.1 Å². The maximum Gasteiger partial charge on any atom is 0.340 e. The van der Waals surface area contributed by atoms with Crippen molar-refractivity contribution in [1.82, 2.24) is 4.90 Å². The van der Waals surface area contributed by atoms with E-state index in [1.54, 1.807) is 31.4 Å². The Kier molecular flexibility index (Phi) is 4.90. The molecule has 0 bridgehead atoms. The summed E-state index contributed by atoms with van der Waals surface area (Å²) in [7, 11) is 1.30. The van der Waals surface area contributed by atoms with Gasteiger partial charge >= 0.3 is 5.97 Å². The molecule has 1 aliphatic rings. The summed E-state index contributed by atoms with van der Waals surface area (Å²) in [6.07, 6.45) is 3.25. The van der Waals surface area contributed by atoms with Crippen molar-refractivity contribution >= 4 is 33.9 Å². The molecule has 1 aliphatic heterocycles. The Labute approximate surface area is 153 Å². The summed E-state index contributed by atoms with van der Waals surface area (Å²) in [6.45, 7) is 1.99. The van der Waals surface area contributed by atoms with Crippen molar-refractivity contribution in [3.63, 3.8) is 0 Å². The maximum atomic E-state index is 12.9. The Bertz CT molecular complexity index is 881. The van der Waals surface area contributed by atoms with E-state index in [1.165, 1.54) is 12.0 Å². The number of esters is 1. The first-order chi connectivity index (χ1) is 12.0. The van der Waals surface area contributed by atoms with Crippen LogP contribution in [0.25, 0.3) is 6.08 Å². The van der Waals surface area contributed by atoms with Gasteiger partial charge in [-0.25, -0.2) is 4.79 Å². The quantitative estimate of drug-likeness (QED) is 0.575. The summed E-state index contributed by atoms with van der Waals surface area (Å²) in [4.78, 5) is 26.7. The van der Waals surface area contributed by atoms with E-state index in [9.17, 15) is 9.59 Å². The SMILES string of the molecule is COC(=O)C1=C(C)N(Cc2ccco2)C(=O)/C1=C\c1cccc(Br)c1. The number of carbonyl (C=O) groups excluding carboxylic acids is 2. The van der Waals surface area contributed by atoms with E-state index in [4.69, 9.17) is 9.15 Å². The first-order valence-electron chi connectivity index (χ1n) is 7.62. The molecule has 6 heteroatoms. The Morgan fingerprint density at radius 3 is 2.76 bits per heavy atom. The van der Waals surface area contributed by atoms with Gasteiger partial charge in [0.15, 0.2) is 0 Å². The average molecular weight is 402 g/mol. The predicted molar refractivity (Wildman–Crippen MR) is 96.1 cm³/mol. The Hall–Kier alpha value is -2.60. The van der Waals surface area contributed by atoms with Crippen LogP contribution in [0.2, 0.25) is 0 Å². The number of ether oxygens (including phenoxy) is 1. The lowest BCUT2D eigenvalue weighted by molar-refractivity contribution is -0.136. The summed E-state index contributed by atoms with van der Waals surface area (Å²) < 4.78 is 11.1. The normalized spacial score (nSPS) is 16.0. The zero-order valence-corrected chi connectivity index (χ0v) is 15.4. The minimum atomic E-state index is -0.533. The molecule has 0 unspecified atom stereocenters. The van der Waals surface area contributed by atoms with Gasteiger partial charge in [0.2, 0.25) is 0 Å². The molecule has 0 spiro atoms. The van der Waals surface area contributed by atoms with Gasteiger partial charge in [-0.1, -0.05) is 28.1 Å². The molecular weight excluding hydrogens is 386 g/mol. The number of hydrogen-bond donors (Lipinski definition) is 0. The molecule has 1 amide bonds. The molecule has 0 fully saturated rings. The Morgan fingerprint density at radius 2 is 2.12 bits per heavy atom. The van der Waals surface area contributed by atoms with Gasteiger partial charge in [0.05, 0.1) is 31.1 Å². The number of furan rings is 1. The third-order valence-corrected chi connectivity index (χ3v) is 4.45. The molecule has 25 heavy (non-hydrogen) atoms. The minimum Gasteiger partial charge on any atom is -0.467 e. The van der Waals surface area contributed by atoms with Crippen LogP contribution < -0.4 is 0 Å². The minimum absolute atomic E-state index is 0.255. The van der Waals surface area contributed by atoms with Crippen molar-refractivity contribution in [2.45, 2.75) is 13.5 Å². The largest absolute Gasteiger partial charge is 0.467 e. The topological polar surface area (TPSA) is 59.8 Å². The van der Waals surface area contributed by atoms with Crippen molar-refractivity contribution in [3.05, 3.63) is 75.3 Å². The van der Waals surface area contributed by atoms with Crippen molar-refractivity contribution in [3.8, 4) is 0 Å². The lowest BCUT2D eigenvalue weighted by Gasteiger charge is -2.16. The van der Waals surface area contributed by atoms with E-state index in [0.717, 1.165) is 10.0 Å². The zero-order chi connectivity index (χ0) is 18.0. The summed E-state index contributed by atoms with van der Waals surface area (Å²) in [5.74, 6) is -0.149. The average Bonchev–Trinajstić information content (AvgIpc) is 3.18. The molecule has 0 radical (unpaired) electrons. The van der Waals surface area contributed by atoms with Crippen LogP contribution in [-0.4, -0.2) is 23.9 Å². The number of rotatable bonds is 4. The number of methoxy groups -OCH3 is 1. The second-order valence-electron chi connectivity index (χ2n) is 5.54. The highest BCUT2D eigenvalue weighted by Crippen LogP contribution is 2.33. The molecule has 2 aromatic rings. The standard InChI is InChI=1S/C19H16BrNO4/c1-12-17(19(23)24-2)16(10-13-5-3-6-14(20)9-13)18(22)21(12)11-15-7-4-8-25-15/h3-10H,11H2,1-2H3/b16-10-. The highest BCUT2D eigenvalue weighted by atomic mass is 79.9. The van der Waals surface area contributed by atoms with E-state index >= 15 is 0 Å². The fourth-order valence-electron chi connectivity index (χ4n) is 2.74. The molecule has 5 nitrogen and oxygen atoms in total. The first kappa shape index (κ1) is 17.2. The predicted octanol–water partition coefficient (Wildman–Crippen LogP) is 3.91. The van der Waals surface area contributed by atoms with Crippen LogP contribution in [0, 0.1) is 0 Å². The lowest BCUT2D eigenvalue weighted by Crippen LogP contribution is -2.24. The Morgan fingerprint density at radius 1 is 1.32 bits per heavy atom. The molecule has 0 N–H and O–H groups in total. The maximum absolute atomic E-state index is 12.9. The molecular formula is C19H16BrNO4. The Balaban J connectivity index is 2.04. The van der Waals surface area contributed by atoms with Crippen LogP contribution in [0.15, 0.2) is 68.4 Å². The number of amides is 1. The van der Waals surface area contributed by atoms with Gasteiger partial charge in [0.1, 0.15) is 5.76 Å². The number of hydrogen-bond acceptors (Lipinski definition) is 4. The third kappa shape index (κ3) is 3.44. The van der Waals surface area contributed by atoms with Crippen LogP contribution in [0.3, 0.4) is 0 Å². The fourth-order valence-corrected chi connectivity index (χ4v) is 3.16. The van der Waals surface area contributed by atoms with Gasteiger partial charge in [-0.3, -0.25) is 4.79 Å². The summed E-state index contributed by atoms with van der Waals surface area (Å²) in [5, 5.41) is 0. The number of halogens is 1. The van der Waals surface area contributed by atoms with E-state index < -0.39 is 5.97 Å². The van der Waals surface area contributed by atoms with Crippen molar-refractivity contribution in [2.75, 3.05) is 7.11 Å². The molecule has 3 rings (SSSR count). The molecule has 1 aromatic heterocycles. The highest BCUT2D eigenvalue weighted by molar-refractivity contribution is 9.10. The summed E-state index contributed by atoms with van der Waals surface area (Å²) in [6, 6.07) is 11.0. The van der Waals surface area contributed by atoms with E-state index in [-0.39, 0.29) is 18.0 Å². The lowest BCUT2D eigenvalue weighted by atomic mass is 10.0. The van der Waals surface area contributed by atoms with Gasteiger partial charge in [0.25, 0.3) is 5.91 Å². The van der Waals surface area contributed by atoms with E-state index in [0.29, 0.717) is 17.0 Å². The number of nitrogens with zero attached hydrogens (tertiary/aromatic N) is 1. The smallest absolute Gasteiger partial charge is 0.340 e. The summed E-state index contributed by atoms with van der Waals surface area (Å²) in [5.41, 5.74) is 1.95. The van der Waals surface area contributed by atoms with Crippen LogP contribution in [0.5, 0.6) is 0 Å². The molecule has 0 atom stereocenters. The number of carbonyl (C=O) groups is 2. The molecule has 0 saturated carbocycles. The molecule has 1 aromatic carbocycles. The van der Waals surface area contributed by atoms with Crippen molar-refractivity contribution < 1.29 is 18.7 Å². The van der Waals surface area contributed by atoms with E-state index in [1.807, 2.05) is 24.3 Å². The van der Waals surface area contributed by atoms with Gasteiger partial charge in [0, 0.05) is 10.2 Å². The molecule has 2 heterocycles. The zero-order valence-electron chi connectivity index (χ0n) is 13.8. The van der Waals surface area contributed by atoms with Gasteiger partial charge in [-0.2, -0.15) is 0 Å². The molecule has 128 valence electrons. The van der Waals surface area contributed by atoms with Crippen LogP contribution in [0.4, 0.5) is 0 Å². The first-order valence-corrected chi connectivity index (χ1v) is 8.41. The second kappa shape index (κ2) is 7.11. The highest BCUT2D eigenvalue weighted by Gasteiger charge is 2.37. The monoisotopic (exact) mass is 401 g/mol. The van der Waals surface area contributed by atoms with Crippen LogP contribution in [-0.2, 0) is 20.9 Å². The second-order valence-corrected chi connectivity index (χ2v) is 6.45. The van der Waals surface area contributed by atoms with Crippen molar-refractivity contribution in [2.24, 2.45) is 0 Å². The van der Waals surface area contributed by atoms with E-state index in [2.05, 4.69) is 15.9 Å². The summed E-state index contributed by atoms with van der Waals surface area (Å²) >= 11 is 3.41. The van der Waals surface area contributed by atoms with Gasteiger partial charge in [-0.05, 0) is 42.8 Å². The fraction of sp³-hybridized carbons (Fsp3) is 0.158. The van der Waals surface area contributed by atoms with Gasteiger partial charge in [-0.15, -0.1) is 0 Å². The number of benzene rings is 1. The third-order valence-electron chi connectivity index (χ3n) is 3.95. The molecule has 0 aliphatic carbocycles. The van der Waals surface area contributed by atoms with Crippen LogP contribution in [0.1, 0.15) is 18.2 Å². The molecule has 0 saturated heterocycles. The van der Waals surface area contributed by atoms with Crippen LogP contribution >= 0.6 is 15.9 Å².